The van der Waals surface area contributed by atoms with Crippen LogP contribution in [0.3, 0.4) is 0 Å². The van der Waals surface area contributed by atoms with E-state index in [1.54, 1.807) is 11.7 Å². The number of rotatable bonds is 4. The lowest BCUT2D eigenvalue weighted by Gasteiger charge is -2.03. The molecule has 99 valence electrons. The van der Waals surface area contributed by atoms with E-state index in [4.69, 9.17) is 0 Å². The fraction of sp³-hybridized carbons (Fsp3) is 0.385. The number of hydrogen-bond donors (Lipinski definition) is 2. The first-order valence-corrected chi connectivity index (χ1v) is 7.23. The van der Waals surface area contributed by atoms with Crippen molar-refractivity contribution in [3.63, 3.8) is 0 Å². The molecule has 2 heterocycles. The monoisotopic (exact) mass is 275 g/mol. The minimum absolute atomic E-state index is 0.0553. The molecule has 1 atom stereocenters. The summed E-state index contributed by atoms with van der Waals surface area (Å²) < 4.78 is 0. The normalized spacial score (nSPS) is 15.8. The number of carbonyl (C=O) groups excluding carboxylic acids is 1. The predicted octanol–water partition coefficient (Wildman–Crippen LogP) is 2.52. The van der Waals surface area contributed by atoms with E-state index in [2.05, 4.69) is 26.9 Å². The van der Waals surface area contributed by atoms with Gasteiger partial charge in [-0.2, -0.15) is 5.10 Å². The van der Waals surface area contributed by atoms with Gasteiger partial charge in [-0.25, -0.2) is 0 Å². The summed E-state index contributed by atoms with van der Waals surface area (Å²) in [5.41, 5.74) is 2.84. The molecule has 2 aromatic heterocycles. The second-order valence-electron chi connectivity index (χ2n) is 4.70. The molecule has 0 spiro atoms. The van der Waals surface area contributed by atoms with E-state index < -0.39 is 0 Å². The van der Waals surface area contributed by atoms with Crippen LogP contribution in [0.15, 0.2) is 17.8 Å². The molecule has 1 aliphatic rings. The van der Waals surface area contributed by atoms with Crippen molar-refractivity contribution in [2.45, 2.75) is 31.6 Å². The van der Waals surface area contributed by atoms with Crippen molar-refractivity contribution >= 4 is 23.1 Å². The average Bonchev–Trinajstić information content (AvgIpc) is 3.09. The fourth-order valence-electron chi connectivity index (χ4n) is 2.32. The minimum Gasteiger partial charge on any atom is -0.309 e. The van der Waals surface area contributed by atoms with Crippen LogP contribution in [-0.4, -0.2) is 21.1 Å². The maximum Gasteiger partial charge on any atom is 0.230 e. The van der Waals surface area contributed by atoms with Crippen LogP contribution in [0.25, 0.3) is 0 Å². The number of thiazole rings is 1. The number of H-pyrrole nitrogens is 1. The van der Waals surface area contributed by atoms with Crippen molar-refractivity contribution in [1.29, 1.82) is 0 Å². The van der Waals surface area contributed by atoms with Gasteiger partial charge in [0.2, 0.25) is 5.91 Å². The Hall–Kier alpha value is -1.69. The Labute approximate surface area is 115 Å². The van der Waals surface area contributed by atoms with Gasteiger partial charge in [0.15, 0.2) is 5.82 Å². The van der Waals surface area contributed by atoms with E-state index >= 15 is 0 Å². The summed E-state index contributed by atoms with van der Waals surface area (Å²) in [5.74, 6) is 1.08. The summed E-state index contributed by atoms with van der Waals surface area (Å²) in [6.07, 6.45) is 7.79. The number of hydrogen-bond acceptors (Lipinski definition) is 4. The summed E-state index contributed by atoms with van der Waals surface area (Å²) in [4.78, 5) is 16.7. The Morgan fingerprint density at radius 3 is 3.26 bits per heavy atom. The van der Waals surface area contributed by atoms with Crippen molar-refractivity contribution in [3.05, 3.63) is 34.8 Å². The molecule has 6 heteroatoms. The van der Waals surface area contributed by atoms with Gasteiger partial charge in [-0.1, -0.05) is 0 Å². The molecule has 1 amide bonds. The second-order valence-corrected chi connectivity index (χ2v) is 5.67. The first-order chi connectivity index (χ1) is 9.31. The topological polar surface area (TPSA) is 70.7 Å². The van der Waals surface area contributed by atoms with Crippen molar-refractivity contribution < 1.29 is 4.79 Å². The number of aromatic nitrogens is 3. The van der Waals surface area contributed by atoms with E-state index in [9.17, 15) is 4.79 Å². The van der Waals surface area contributed by atoms with Crippen LogP contribution in [0, 0.1) is 6.42 Å². The number of nitrogens with one attached hydrogen (secondary N) is 2. The first kappa shape index (κ1) is 12.3. The Morgan fingerprint density at radius 2 is 2.53 bits per heavy atom. The smallest absolute Gasteiger partial charge is 0.230 e. The number of aromatic amines is 1. The molecule has 1 aliphatic carbocycles. The third kappa shape index (κ3) is 3.01. The molecule has 5 nitrogen and oxygen atoms in total. The van der Waals surface area contributed by atoms with Gasteiger partial charge in [-0.3, -0.25) is 14.9 Å². The van der Waals surface area contributed by atoms with Crippen LogP contribution in [0.2, 0.25) is 0 Å². The van der Waals surface area contributed by atoms with E-state index in [0.717, 1.165) is 29.8 Å². The minimum atomic E-state index is -0.0553. The molecule has 2 aromatic rings. The molecule has 0 unspecified atom stereocenters. The zero-order valence-corrected chi connectivity index (χ0v) is 11.2. The molecule has 0 aliphatic heterocycles. The third-order valence-corrected chi connectivity index (χ3v) is 4.07. The fourth-order valence-corrected chi connectivity index (χ4v) is 2.92. The third-order valence-electron chi connectivity index (χ3n) is 3.29. The zero-order chi connectivity index (χ0) is 13.1. The number of carbonyl (C=O) groups is 1. The largest absolute Gasteiger partial charge is 0.309 e. The summed E-state index contributed by atoms with van der Waals surface area (Å²) in [6, 6.07) is 1.94. The lowest BCUT2D eigenvalue weighted by Crippen LogP contribution is -2.13. The summed E-state index contributed by atoms with van der Waals surface area (Å²) >= 11 is 1.48. The van der Waals surface area contributed by atoms with E-state index in [1.165, 1.54) is 11.3 Å². The van der Waals surface area contributed by atoms with Crippen LogP contribution in [-0.2, 0) is 11.2 Å². The van der Waals surface area contributed by atoms with Crippen LogP contribution in [0.4, 0.5) is 5.82 Å². The van der Waals surface area contributed by atoms with Crippen LogP contribution >= 0.6 is 11.3 Å². The number of nitrogens with zero attached hydrogens (tertiary/aromatic N) is 2. The summed E-state index contributed by atoms with van der Waals surface area (Å²) in [7, 11) is 0. The Kier molecular flexibility index (Phi) is 3.59. The summed E-state index contributed by atoms with van der Waals surface area (Å²) in [5, 5.41) is 9.98. The second kappa shape index (κ2) is 5.52. The SMILES string of the molecule is O=C(Cc1cncs1)Nc1cc([C@H]2C[CH]CC2)[nH]n1. The lowest BCUT2D eigenvalue weighted by molar-refractivity contribution is -0.115. The molecule has 1 saturated carbocycles. The maximum atomic E-state index is 11.8. The van der Waals surface area contributed by atoms with Gasteiger partial charge in [0.1, 0.15) is 0 Å². The van der Waals surface area contributed by atoms with Gasteiger partial charge in [-0.15, -0.1) is 11.3 Å². The van der Waals surface area contributed by atoms with E-state index in [0.29, 0.717) is 18.2 Å². The van der Waals surface area contributed by atoms with Gasteiger partial charge in [0, 0.05) is 28.8 Å². The Balaban J connectivity index is 1.59. The average molecular weight is 275 g/mol. The predicted molar refractivity (Wildman–Crippen MR) is 73.9 cm³/mol. The van der Waals surface area contributed by atoms with Crippen molar-refractivity contribution in [3.8, 4) is 0 Å². The zero-order valence-electron chi connectivity index (χ0n) is 10.4. The highest BCUT2D eigenvalue weighted by atomic mass is 32.1. The van der Waals surface area contributed by atoms with Gasteiger partial charge in [-0.05, 0) is 25.7 Å². The molecule has 3 rings (SSSR count). The van der Waals surface area contributed by atoms with Gasteiger partial charge in [0.25, 0.3) is 0 Å². The molecule has 2 N–H and O–H groups in total. The van der Waals surface area contributed by atoms with Gasteiger partial charge >= 0.3 is 0 Å². The van der Waals surface area contributed by atoms with Crippen LogP contribution in [0.1, 0.15) is 35.8 Å². The van der Waals surface area contributed by atoms with Crippen molar-refractivity contribution in [1.82, 2.24) is 15.2 Å². The van der Waals surface area contributed by atoms with Crippen molar-refractivity contribution in [2.75, 3.05) is 5.32 Å². The molecule has 0 saturated heterocycles. The highest BCUT2D eigenvalue weighted by molar-refractivity contribution is 7.09. The highest BCUT2D eigenvalue weighted by Crippen LogP contribution is 2.32. The van der Waals surface area contributed by atoms with Crippen molar-refractivity contribution in [2.24, 2.45) is 0 Å². The lowest BCUT2D eigenvalue weighted by atomic mass is 10.0. The Bertz CT molecular complexity index is 543. The van der Waals surface area contributed by atoms with Gasteiger partial charge in [0.05, 0.1) is 11.9 Å². The number of amides is 1. The molecule has 19 heavy (non-hydrogen) atoms. The standard InChI is InChI=1S/C13H15N4OS/c18-13(5-10-7-14-8-19-10)15-12-6-11(16-17-12)9-3-1-2-4-9/h1,6-9H,2-5H2,(H2,15,16,17,18)/t9-/m0/s1. The first-order valence-electron chi connectivity index (χ1n) is 6.35. The molecule has 1 fully saturated rings. The summed E-state index contributed by atoms with van der Waals surface area (Å²) in [6.45, 7) is 0. The van der Waals surface area contributed by atoms with Crippen LogP contribution < -0.4 is 5.32 Å². The van der Waals surface area contributed by atoms with Crippen LogP contribution in [0.5, 0.6) is 0 Å². The molecule has 0 aromatic carbocycles. The molecule has 0 bridgehead atoms. The maximum absolute atomic E-state index is 11.8. The van der Waals surface area contributed by atoms with Gasteiger partial charge < -0.3 is 5.32 Å². The molecular formula is C13H15N4OS. The van der Waals surface area contributed by atoms with E-state index in [-0.39, 0.29) is 5.91 Å². The quantitative estimate of drug-likeness (QED) is 0.900. The Morgan fingerprint density at radius 1 is 1.58 bits per heavy atom. The van der Waals surface area contributed by atoms with E-state index in [1.807, 2.05) is 6.07 Å². The molecule has 1 radical (unpaired) electrons. The molecular weight excluding hydrogens is 260 g/mol. The highest BCUT2D eigenvalue weighted by Gasteiger charge is 2.19. The number of anilines is 1.